The van der Waals surface area contributed by atoms with Crippen molar-refractivity contribution in [1.29, 1.82) is 0 Å². The molecule has 0 atom stereocenters. The maximum Gasteiger partial charge on any atom is 0.241 e. The largest absolute Gasteiger partial charge is 0.508 e. The first kappa shape index (κ1) is 21.4. The van der Waals surface area contributed by atoms with Crippen molar-refractivity contribution in [1.82, 2.24) is 4.72 Å². The molecule has 0 amide bonds. The van der Waals surface area contributed by atoms with Crippen LogP contribution in [0.15, 0.2) is 77.7 Å². The summed E-state index contributed by atoms with van der Waals surface area (Å²) in [7, 11) is -3.72. The maximum absolute atomic E-state index is 13.4. The van der Waals surface area contributed by atoms with E-state index in [1.54, 1.807) is 60.7 Å². The number of phenolic OH excluding ortho intramolecular Hbond substituents is 2. The van der Waals surface area contributed by atoms with Crippen LogP contribution in [0.4, 0.5) is 0 Å². The molecule has 0 bridgehead atoms. The predicted octanol–water partition coefficient (Wildman–Crippen LogP) is 4.89. The van der Waals surface area contributed by atoms with Gasteiger partial charge in [-0.3, -0.25) is 0 Å². The van der Waals surface area contributed by atoms with Crippen LogP contribution in [0.5, 0.6) is 11.5 Å². The maximum atomic E-state index is 13.4. The zero-order valence-electron chi connectivity index (χ0n) is 17.2. The Morgan fingerprint density at radius 2 is 1.26 bits per heavy atom. The van der Waals surface area contributed by atoms with E-state index >= 15 is 0 Å². The fraction of sp³-hybridized carbons (Fsp3) is 0.280. The lowest BCUT2D eigenvalue weighted by atomic mass is 9.85. The zero-order chi connectivity index (χ0) is 21.8. The molecule has 4 rings (SSSR count). The van der Waals surface area contributed by atoms with Crippen molar-refractivity contribution >= 4 is 10.0 Å². The van der Waals surface area contributed by atoms with E-state index in [-0.39, 0.29) is 28.4 Å². The third-order valence-electron chi connectivity index (χ3n) is 5.90. The average Bonchev–Trinajstić information content (AvgIpc) is 2.77. The van der Waals surface area contributed by atoms with Crippen molar-refractivity contribution in [3.05, 3.63) is 89.5 Å². The first-order valence-corrected chi connectivity index (χ1v) is 12.1. The summed E-state index contributed by atoms with van der Waals surface area (Å²) in [5.74, 6) is -0.0820. The van der Waals surface area contributed by atoms with Crippen molar-refractivity contribution in [2.75, 3.05) is 0 Å². The van der Waals surface area contributed by atoms with Crippen molar-refractivity contribution in [2.45, 2.75) is 49.0 Å². The van der Waals surface area contributed by atoms with Crippen LogP contribution >= 0.6 is 0 Å². The van der Waals surface area contributed by atoms with Crippen LogP contribution in [-0.2, 0) is 10.0 Å². The number of rotatable bonds is 6. The molecule has 1 aliphatic carbocycles. The van der Waals surface area contributed by atoms with E-state index in [0.29, 0.717) is 5.56 Å². The van der Waals surface area contributed by atoms with E-state index in [9.17, 15) is 18.6 Å². The number of nitrogens with one attached hydrogen (secondary N) is 1. The van der Waals surface area contributed by atoms with Crippen LogP contribution < -0.4 is 4.72 Å². The van der Waals surface area contributed by atoms with Gasteiger partial charge in [0.2, 0.25) is 10.0 Å². The highest BCUT2D eigenvalue weighted by molar-refractivity contribution is 7.89. The summed E-state index contributed by atoms with van der Waals surface area (Å²) in [6.45, 7) is 0. The van der Waals surface area contributed by atoms with Gasteiger partial charge in [-0.25, -0.2) is 13.1 Å². The molecular weight excluding hydrogens is 410 g/mol. The lowest BCUT2D eigenvalue weighted by Crippen LogP contribution is -2.36. The summed E-state index contributed by atoms with van der Waals surface area (Å²) < 4.78 is 29.7. The normalized spacial score (nSPS) is 15.3. The Morgan fingerprint density at radius 1 is 0.742 bits per heavy atom. The summed E-state index contributed by atoms with van der Waals surface area (Å²) in [6, 6.07) is 20.6. The summed E-state index contributed by atoms with van der Waals surface area (Å²) in [5, 5.41) is 19.5. The Hall–Kier alpha value is -2.83. The van der Waals surface area contributed by atoms with Gasteiger partial charge in [-0.05, 0) is 59.9 Å². The van der Waals surface area contributed by atoms with Crippen molar-refractivity contribution in [3.8, 4) is 11.5 Å². The quantitative estimate of drug-likeness (QED) is 0.479. The molecule has 1 fully saturated rings. The molecule has 0 unspecified atom stereocenters. The second-order valence-electron chi connectivity index (χ2n) is 8.11. The van der Waals surface area contributed by atoms with Gasteiger partial charge < -0.3 is 10.2 Å². The molecule has 31 heavy (non-hydrogen) atoms. The van der Waals surface area contributed by atoms with Gasteiger partial charge in [-0.2, -0.15) is 0 Å². The number of benzene rings is 3. The fourth-order valence-electron chi connectivity index (χ4n) is 4.35. The van der Waals surface area contributed by atoms with Crippen LogP contribution in [0, 0.1) is 0 Å². The highest BCUT2D eigenvalue weighted by Crippen LogP contribution is 2.37. The molecule has 0 aromatic heterocycles. The second kappa shape index (κ2) is 9.12. The van der Waals surface area contributed by atoms with E-state index in [2.05, 4.69) is 4.72 Å². The predicted molar refractivity (Wildman–Crippen MR) is 121 cm³/mol. The van der Waals surface area contributed by atoms with Crippen LogP contribution in [0.2, 0.25) is 0 Å². The summed E-state index contributed by atoms with van der Waals surface area (Å²) in [4.78, 5) is 0.256. The zero-order valence-corrected chi connectivity index (χ0v) is 18.1. The van der Waals surface area contributed by atoms with Gasteiger partial charge in [0.25, 0.3) is 0 Å². The molecule has 0 radical (unpaired) electrons. The van der Waals surface area contributed by atoms with Crippen LogP contribution in [0.3, 0.4) is 0 Å². The van der Waals surface area contributed by atoms with Crippen LogP contribution in [0.1, 0.15) is 54.7 Å². The number of phenols is 2. The molecule has 3 aromatic carbocycles. The smallest absolute Gasteiger partial charge is 0.241 e. The topological polar surface area (TPSA) is 86.6 Å². The first-order chi connectivity index (χ1) is 14.9. The van der Waals surface area contributed by atoms with Gasteiger partial charge in [0, 0.05) is 12.0 Å². The fourth-order valence-corrected chi connectivity index (χ4v) is 5.91. The molecule has 0 saturated heterocycles. The van der Waals surface area contributed by atoms with Crippen molar-refractivity contribution < 1.29 is 18.6 Å². The summed E-state index contributed by atoms with van der Waals surface area (Å²) in [5.41, 5.74) is 2.36. The number of aromatic hydroxyl groups is 2. The Morgan fingerprint density at radius 3 is 1.81 bits per heavy atom. The van der Waals surface area contributed by atoms with Gasteiger partial charge in [-0.15, -0.1) is 0 Å². The van der Waals surface area contributed by atoms with Gasteiger partial charge >= 0.3 is 0 Å². The second-order valence-corrected chi connectivity index (χ2v) is 9.79. The van der Waals surface area contributed by atoms with E-state index in [1.807, 2.05) is 12.1 Å². The van der Waals surface area contributed by atoms with Gasteiger partial charge in [0.05, 0.1) is 4.90 Å². The summed E-state index contributed by atoms with van der Waals surface area (Å²) >= 11 is 0. The molecule has 0 aliphatic heterocycles. The van der Waals surface area contributed by atoms with Crippen molar-refractivity contribution in [3.63, 3.8) is 0 Å². The number of hydrogen-bond donors (Lipinski definition) is 3. The average molecular weight is 438 g/mol. The Balaban J connectivity index is 1.80. The molecule has 3 N–H and O–H groups in total. The minimum absolute atomic E-state index is 0.0346. The Labute approximate surface area is 183 Å². The minimum atomic E-state index is -3.72. The lowest BCUT2D eigenvalue weighted by molar-refractivity contribution is 0.412. The number of hydrogen-bond acceptors (Lipinski definition) is 4. The van der Waals surface area contributed by atoms with Crippen LogP contribution in [-0.4, -0.2) is 24.7 Å². The Kier molecular flexibility index (Phi) is 6.30. The van der Waals surface area contributed by atoms with E-state index in [0.717, 1.165) is 43.2 Å². The monoisotopic (exact) mass is 437 g/mol. The third-order valence-corrected chi connectivity index (χ3v) is 7.49. The standard InChI is InChI=1S/C25H27NO4S/c27-21-14-10-18(11-15-21)25(19-12-16-22(28)17-13-19)23-8-4-5-9-24(23)31(29,30)26-20-6-2-1-3-7-20/h4-5,8-17,20,25-28H,1-3,6-7H2. The molecule has 0 spiro atoms. The van der Waals surface area contributed by atoms with Crippen molar-refractivity contribution in [2.24, 2.45) is 0 Å². The van der Waals surface area contributed by atoms with E-state index < -0.39 is 10.0 Å². The lowest BCUT2D eigenvalue weighted by Gasteiger charge is -2.25. The molecule has 1 aliphatic rings. The molecule has 1 saturated carbocycles. The Bertz CT molecular complexity index is 1070. The minimum Gasteiger partial charge on any atom is -0.508 e. The SMILES string of the molecule is O=S(=O)(NC1CCCCC1)c1ccccc1C(c1ccc(O)cc1)c1ccc(O)cc1. The third kappa shape index (κ3) is 4.92. The molecule has 5 nitrogen and oxygen atoms in total. The first-order valence-electron chi connectivity index (χ1n) is 10.6. The molecule has 0 heterocycles. The van der Waals surface area contributed by atoms with Gasteiger partial charge in [-0.1, -0.05) is 61.7 Å². The summed E-state index contributed by atoms with van der Waals surface area (Å²) in [6.07, 6.45) is 4.96. The van der Waals surface area contributed by atoms with E-state index in [4.69, 9.17) is 0 Å². The highest BCUT2D eigenvalue weighted by atomic mass is 32.2. The molecule has 6 heteroatoms. The van der Waals surface area contributed by atoms with E-state index in [1.165, 1.54) is 0 Å². The van der Waals surface area contributed by atoms with Gasteiger partial charge in [0.1, 0.15) is 11.5 Å². The number of sulfonamides is 1. The molecule has 3 aromatic rings. The molecular formula is C25H27NO4S. The molecule has 162 valence electrons. The highest BCUT2D eigenvalue weighted by Gasteiger charge is 2.28. The van der Waals surface area contributed by atoms with Crippen LogP contribution in [0.25, 0.3) is 0 Å². The van der Waals surface area contributed by atoms with Gasteiger partial charge in [0.15, 0.2) is 0 Å².